The zero-order chi connectivity index (χ0) is 6.69. The molecule has 9 heavy (non-hydrogen) atoms. The summed E-state index contributed by atoms with van der Waals surface area (Å²) in [4.78, 5) is 2.15. The Labute approximate surface area is 56.7 Å². The quantitative estimate of drug-likeness (QED) is 0.498. The highest BCUT2D eigenvalue weighted by atomic mass is 15.0. The van der Waals surface area contributed by atoms with Crippen LogP contribution in [-0.2, 0) is 0 Å². The molecule has 0 fully saturated rings. The van der Waals surface area contributed by atoms with Gasteiger partial charge in [-0.2, -0.15) is 0 Å². The normalized spacial score (nSPS) is 17.0. The van der Waals surface area contributed by atoms with Gasteiger partial charge >= 0.3 is 0 Å². The first kappa shape index (κ1) is 6.60. The lowest BCUT2D eigenvalue weighted by Crippen LogP contribution is -2.14. The first-order valence-electron chi connectivity index (χ1n) is 3.21. The summed E-state index contributed by atoms with van der Waals surface area (Å²) in [5.74, 6) is 0. The van der Waals surface area contributed by atoms with Gasteiger partial charge in [-0.05, 0) is 32.2 Å². The summed E-state index contributed by atoms with van der Waals surface area (Å²) in [6.07, 6.45) is 5.35. The van der Waals surface area contributed by atoms with Crippen LogP contribution in [0.1, 0.15) is 6.42 Å². The van der Waals surface area contributed by atoms with Crippen molar-refractivity contribution in [2.24, 2.45) is 0 Å². The van der Waals surface area contributed by atoms with Crippen LogP contribution in [0, 0.1) is 6.42 Å². The molecule has 0 aromatic carbocycles. The van der Waals surface area contributed by atoms with Gasteiger partial charge in [0.15, 0.2) is 0 Å². The molecule has 0 atom stereocenters. The molecule has 1 heteroatoms. The zero-order valence-corrected chi connectivity index (χ0v) is 6.02. The Morgan fingerprint density at radius 1 is 1.67 bits per heavy atom. The summed E-state index contributed by atoms with van der Waals surface area (Å²) in [5, 5.41) is 0. The smallest absolute Gasteiger partial charge is 0.0265 e. The molecule has 0 spiro atoms. The van der Waals surface area contributed by atoms with Crippen LogP contribution in [0.5, 0.6) is 0 Å². The molecule has 1 aliphatic rings. The molecule has 0 unspecified atom stereocenters. The van der Waals surface area contributed by atoms with Crippen molar-refractivity contribution in [3.05, 3.63) is 23.8 Å². The number of nitrogens with zero attached hydrogens (tertiary/aromatic N) is 1. The van der Waals surface area contributed by atoms with Gasteiger partial charge in [0.05, 0.1) is 0 Å². The topological polar surface area (TPSA) is 3.24 Å². The SMILES string of the molecule is CN(C)CC1=C=CC[CH]1. The molecule has 0 aromatic rings. The fourth-order valence-electron chi connectivity index (χ4n) is 0.901. The lowest BCUT2D eigenvalue weighted by atomic mass is 10.2. The van der Waals surface area contributed by atoms with Crippen LogP contribution in [0.3, 0.4) is 0 Å². The number of rotatable bonds is 2. The molecule has 1 radical (unpaired) electrons. The van der Waals surface area contributed by atoms with Crippen molar-refractivity contribution in [2.45, 2.75) is 6.42 Å². The second-order valence-electron chi connectivity index (χ2n) is 2.55. The van der Waals surface area contributed by atoms with E-state index < -0.39 is 0 Å². The van der Waals surface area contributed by atoms with Crippen molar-refractivity contribution in [2.75, 3.05) is 20.6 Å². The van der Waals surface area contributed by atoms with Crippen molar-refractivity contribution < 1.29 is 0 Å². The van der Waals surface area contributed by atoms with Gasteiger partial charge in [-0.1, -0.05) is 0 Å². The third-order valence-electron chi connectivity index (χ3n) is 1.26. The Bertz CT molecular complexity index is 150. The van der Waals surface area contributed by atoms with E-state index in [0.29, 0.717) is 0 Å². The largest absolute Gasteiger partial charge is 0.305 e. The van der Waals surface area contributed by atoms with Gasteiger partial charge in [0.25, 0.3) is 0 Å². The lowest BCUT2D eigenvalue weighted by Gasteiger charge is -2.07. The molecular formula is C8H12N. The fraction of sp³-hybridized carbons (Fsp3) is 0.500. The molecule has 0 aromatic heterocycles. The molecule has 1 nitrogen and oxygen atoms in total. The Morgan fingerprint density at radius 2 is 2.44 bits per heavy atom. The summed E-state index contributed by atoms with van der Waals surface area (Å²) in [7, 11) is 4.14. The second kappa shape index (κ2) is 2.86. The molecule has 1 aliphatic carbocycles. The van der Waals surface area contributed by atoms with E-state index in [-0.39, 0.29) is 0 Å². The fourth-order valence-corrected chi connectivity index (χ4v) is 0.901. The average Bonchev–Trinajstić information content (AvgIpc) is 2.15. The van der Waals surface area contributed by atoms with E-state index in [2.05, 4.69) is 37.2 Å². The molecule has 0 bridgehead atoms. The van der Waals surface area contributed by atoms with E-state index in [1.54, 1.807) is 0 Å². The Balaban J connectivity index is 2.36. The van der Waals surface area contributed by atoms with E-state index in [9.17, 15) is 0 Å². The molecule has 0 saturated carbocycles. The van der Waals surface area contributed by atoms with E-state index in [1.807, 2.05) is 0 Å². The predicted molar refractivity (Wildman–Crippen MR) is 39.1 cm³/mol. The summed E-state index contributed by atoms with van der Waals surface area (Å²) in [6, 6.07) is 0. The first-order chi connectivity index (χ1) is 4.29. The minimum Gasteiger partial charge on any atom is -0.305 e. The van der Waals surface area contributed by atoms with Crippen LogP contribution < -0.4 is 0 Å². The molecule has 49 valence electrons. The number of likely N-dealkylation sites (N-methyl/N-ethyl adjacent to an activating group) is 1. The van der Waals surface area contributed by atoms with E-state index in [1.165, 1.54) is 5.57 Å². The van der Waals surface area contributed by atoms with Crippen molar-refractivity contribution in [3.63, 3.8) is 0 Å². The van der Waals surface area contributed by atoms with Crippen LogP contribution >= 0.6 is 0 Å². The number of hydrogen-bond donors (Lipinski definition) is 0. The van der Waals surface area contributed by atoms with Crippen LogP contribution in [0.4, 0.5) is 0 Å². The lowest BCUT2D eigenvalue weighted by molar-refractivity contribution is 0.447. The van der Waals surface area contributed by atoms with Crippen molar-refractivity contribution >= 4 is 0 Å². The van der Waals surface area contributed by atoms with Gasteiger partial charge in [-0.3, -0.25) is 0 Å². The van der Waals surface area contributed by atoms with Gasteiger partial charge in [-0.25, -0.2) is 0 Å². The minimum atomic E-state index is 1.02. The Hall–Kier alpha value is -0.520. The monoisotopic (exact) mass is 122 g/mol. The van der Waals surface area contributed by atoms with E-state index in [4.69, 9.17) is 0 Å². The Kier molecular flexibility index (Phi) is 2.10. The van der Waals surface area contributed by atoms with E-state index >= 15 is 0 Å². The first-order valence-corrected chi connectivity index (χ1v) is 3.21. The van der Waals surface area contributed by atoms with Crippen LogP contribution in [0.25, 0.3) is 0 Å². The molecule has 0 N–H and O–H groups in total. The third-order valence-corrected chi connectivity index (χ3v) is 1.26. The molecule has 0 aliphatic heterocycles. The van der Waals surface area contributed by atoms with Gasteiger partial charge in [0.1, 0.15) is 0 Å². The predicted octanol–water partition coefficient (Wildman–Crippen LogP) is 1.24. The van der Waals surface area contributed by atoms with E-state index in [0.717, 1.165) is 13.0 Å². The highest BCUT2D eigenvalue weighted by molar-refractivity contribution is 5.21. The van der Waals surface area contributed by atoms with Crippen molar-refractivity contribution in [3.8, 4) is 0 Å². The number of hydrogen-bond acceptors (Lipinski definition) is 1. The zero-order valence-electron chi connectivity index (χ0n) is 6.02. The maximum absolute atomic E-state index is 3.18. The maximum atomic E-state index is 3.18. The van der Waals surface area contributed by atoms with Crippen LogP contribution in [0.15, 0.2) is 17.4 Å². The summed E-state index contributed by atoms with van der Waals surface area (Å²) in [6.45, 7) is 1.02. The molecule has 0 heterocycles. The third kappa shape index (κ3) is 2.05. The van der Waals surface area contributed by atoms with Crippen LogP contribution in [0.2, 0.25) is 0 Å². The molecular weight excluding hydrogens is 110 g/mol. The van der Waals surface area contributed by atoms with Gasteiger partial charge < -0.3 is 4.90 Å². The second-order valence-corrected chi connectivity index (χ2v) is 2.55. The summed E-state index contributed by atoms with van der Waals surface area (Å²) < 4.78 is 0. The highest BCUT2D eigenvalue weighted by Gasteiger charge is 2.00. The van der Waals surface area contributed by atoms with Crippen molar-refractivity contribution in [1.82, 2.24) is 4.90 Å². The van der Waals surface area contributed by atoms with Gasteiger partial charge in [0.2, 0.25) is 0 Å². The highest BCUT2D eigenvalue weighted by Crippen LogP contribution is 2.09. The molecule has 0 saturated heterocycles. The molecule has 0 amide bonds. The minimum absolute atomic E-state index is 1.02. The summed E-state index contributed by atoms with van der Waals surface area (Å²) >= 11 is 0. The maximum Gasteiger partial charge on any atom is 0.0265 e. The van der Waals surface area contributed by atoms with Gasteiger partial charge in [-0.15, -0.1) is 5.73 Å². The average molecular weight is 122 g/mol. The van der Waals surface area contributed by atoms with Crippen LogP contribution in [-0.4, -0.2) is 25.5 Å². The van der Waals surface area contributed by atoms with Gasteiger partial charge in [0, 0.05) is 13.0 Å². The molecule has 1 rings (SSSR count). The Morgan fingerprint density at radius 3 is 2.89 bits per heavy atom. The summed E-state index contributed by atoms with van der Waals surface area (Å²) in [5.41, 5.74) is 4.50. The van der Waals surface area contributed by atoms with Crippen molar-refractivity contribution in [1.29, 1.82) is 0 Å². The standard InChI is InChI=1S/C8H12N/c1-9(2)7-8-5-3-4-6-8/h3,6H,4,7H2,1-2H3.